The van der Waals surface area contributed by atoms with Crippen molar-refractivity contribution in [3.05, 3.63) is 29.8 Å². The third-order valence-corrected chi connectivity index (χ3v) is 2.52. The average molecular weight is 191 g/mol. The van der Waals surface area contributed by atoms with Gasteiger partial charge in [-0.1, -0.05) is 18.2 Å². The van der Waals surface area contributed by atoms with E-state index in [1.807, 2.05) is 24.3 Å². The van der Waals surface area contributed by atoms with Crippen LogP contribution in [0.1, 0.15) is 17.9 Å². The molecule has 1 aliphatic heterocycles. The summed E-state index contributed by atoms with van der Waals surface area (Å²) in [6.45, 7) is 0.620. The first-order chi connectivity index (χ1) is 6.83. The van der Waals surface area contributed by atoms with Crippen molar-refractivity contribution in [1.82, 2.24) is 5.32 Å². The fraction of sp³-hybridized carbons (Fsp3) is 0.364. The van der Waals surface area contributed by atoms with Crippen LogP contribution >= 0.6 is 0 Å². The first-order valence-corrected chi connectivity index (χ1v) is 4.76. The van der Waals surface area contributed by atoms with Gasteiger partial charge in [0, 0.05) is 12.6 Å². The number of likely N-dealkylation sites (N-methyl/N-ethyl adjacent to an activating group) is 1. The van der Waals surface area contributed by atoms with E-state index in [2.05, 4.69) is 5.32 Å². The molecule has 1 unspecified atom stereocenters. The Bertz CT molecular complexity index is 349. The Balaban J connectivity index is 2.35. The lowest BCUT2D eigenvalue weighted by atomic mass is 9.92. The van der Waals surface area contributed by atoms with Crippen molar-refractivity contribution in [3.8, 4) is 5.75 Å². The molecule has 1 aromatic carbocycles. The van der Waals surface area contributed by atoms with Crippen LogP contribution in [0.5, 0.6) is 5.75 Å². The lowest BCUT2D eigenvalue weighted by molar-refractivity contribution is -0.122. The van der Waals surface area contributed by atoms with Gasteiger partial charge in [0.15, 0.2) is 0 Å². The van der Waals surface area contributed by atoms with Crippen molar-refractivity contribution >= 4 is 5.91 Å². The standard InChI is InChI=1S/C11H13NO2/c1-12-11(13)9-6-7-14-10-5-3-2-4-8(9)10/h2-5,9H,6-7H2,1H3,(H,12,13). The van der Waals surface area contributed by atoms with Gasteiger partial charge in [0.2, 0.25) is 5.91 Å². The molecule has 1 heterocycles. The van der Waals surface area contributed by atoms with Gasteiger partial charge in [-0.15, -0.1) is 0 Å². The molecule has 0 fully saturated rings. The highest BCUT2D eigenvalue weighted by atomic mass is 16.5. The van der Waals surface area contributed by atoms with E-state index >= 15 is 0 Å². The molecular formula is C11H13NO2. The van der Waals surface area contributed by atoms with E-state index in [1.54, 1.807) is 7.05 Å². The van der Waals surface area contributed by atoms with Crippen molar-refractivity contribution in [2.45, 2.75) is 12.3 Å². The SMILES string of the molecule is CNC(=O)C1CCOc2ccccc21. The maximum Gasteiger partial charge on any atom is 0.227 e. The highest BCUT2D eigenvalue weighted by Gasteiger charge is 2.26. The average Bonchev–Trinajstić information content (AvgIpc) is 2.27. The normalized spacial score (nSPS) is 19.4. The van der Waals surface area contributed by atoms with E-state index in [-0.39, 0.29) is 11.8 Å². The van der Waals surface area contributed by atoms with Gasteiger partial charge in [0.1, 0.15) is 5.75 Å². The second-order valence-corrected chi connectivity index (χ2v) is 3.34. The molecule has 0 bridgehead atoms. The summed E-state index contributed by atoms with van der Waals surface area (Å²) in [6, 6.07) is 7.72. The summed E-state index contributed by atoms with van der Waals surface area (Å²) in [5, 5.41) is 2.68. The zero-order valence-corrected chi connectivity index (χ0v) is 8.12. The number of rotatable bonds is 1. The minimum Gasteiger partial charge on any atom is -0.493 e. The number of nitrogens with one attached hydrogen (secondary N) is 1. The van der Waals surface area contributed by atoms with Crippen molar-refractivity contribution in [2.24, 2.45) is 0 Å². The number of carbonyl (C=O) groups is 1. The van der Waals surface area contributed by atoms with Crippen LogP contribution in [0.2, 0.25) is 0 Å². The maximum absolute atomic E-state index is 11.6. The smallest absolute Gasteiger partial charge is 0.227 e. The van der Waals surface area contributed by atoms with Gasteiger partial charge in [-0.05, 0) is 12.5 Å². The molecule has 1 aromatic rings. The molecule has 0 saturated heterocycles. The molecule has 1 amide bonds. The molecule has 0 aromatic heterocycles. The van der Waals surface area contributed by atoms with Crippen molar-refractivity contribution < 1.29 is 9.53 Å². The van der Waals surface area contributed by atoms with E-state index < -0.39 is 0 Å². The van der Waals surface area contributed by atoms with Crippen LogP contribution in [0.25, 0.3) is 0 Å². The summed E-state index contributed by atoms with van der Waals surface area (Å²) < 4.78 is 5.47. The van der Waals surface area contributed by atoms with Crippen LogP contribution in [0.3, 0.4) is 0 Å². The summed E-state index contributed by atoms with van der Waals surface area (Å²) in [4.78, 5) is 11.6. The fourth-order valence-corrected chi connectivity index (χ4v) is 1.79. The predicted molar refractivity (Wildman–Crippen MR) is 53.4 cm³/mol. The van der Waals surface area contributed by atoms with E-state index in [9.17, 15) is 4.79 Å². The molecule has 74 valence electrons. The number of carbonyl (C=O) groups excluding carboxylic acids is 1. The van der Waals surface area contributed by atoms with Crippen molar-refractivity contribution in [3.63, 3.8) is 0 Å². The highest BCUT2D eigenvalue weighted by molar-refractivity contribution is 5.84. The second kappa shape index (κ2) is 3.70. The van der Waals surface area contributed by atoms with Crippen molar-refractivity contribution in [1.29, 1.82) is 0 Å². The van der Waals surface area contributed by atoms with Crippen LogP contribution < -0.4 is 10.1 Å². The Morgan fingerprint density at radius 3 is 3.07 bits per heavy atom. The number of amides is 1. The van der Waals surface area contributed by atoms with Crippen LogP contribution in [0, 0.1) is 0 Å². The first-order valence-electron chi connectivity index (χ1n) is 4.76. The lowest BCUT2D eigenvalue weighted by Gasteiger charge is -2.24. The van der Waals surface area contributed by atoms with Crippen LogP contribution in [-0.4, -0.2) is 19.6 Å². The highest BCUT2D eigenvalue weighted by Crippen LogP contribution is 2.33. The summed E-state index contributed by atoms with van der Waals surface area (Å²) in [6.07, 6.45) is 0.761. The fourth-order valence-electron chi connectivity index (χ4n) is 1.79. The van der Waals surface area contributed by atoms with E-state index in [1.165, 1.54) is 0 Å². The third kappa shape index (κ3) is 1.45. The van der Waals surface area contributed by atoms with Gasteiger partial charge >= 0.3 is 0 Å². The molecule has 0 radical (unpaired) electrons. The lowest BCUT2D eigenvalue weighted by Crippen LogP contribution is -2.29. The van der Waals surface area contributed by atoms with Gasteiger partial charge in [-0.3, -0.25) is 4.79 Å². The summed E-state index contributed by atoms with van der Waals surface area (Å²) in [5.41, 5.74) is 0.998. The minimum atomic E-state index is -0.0510. The molecular weight excluding hydrogens is 178 g/mol. The molecule has 2 rings (SSSR count). The van der Waals surface area contributed by atoms with Gasteiger partial charge in [0.25, 0.3) is 0 Å². The summed E-state index contributed by atoms with van der Waals surface area (Å²) >= 11 is 0. The third-order valence-electron chi connectivity index (χ3n) is 2.52. The topological polar surface area (TPSA) is 38.3 Å². The summed E-state index contributed by atoms with van der Waals surface area (Å²) in [7, 11) is 1.67. The number of ether oxygens (including phenoxy) is 1. The molecule has 14 heavy (non-hydrogen) atoms. The Labute approximate surface area is 83.1 Å². The number of hydrogen-bond acceptors (Lipinski definition) is 2. The predicted octanol–water partition coefficient (Wildman–Crippen LogP) is 1.30. The number of benzene rings is 1. The minimum absolute atomic E-state index is 0.0510. The number of para-hydroxylation sites is 1. The molecule has 3 nitrogen and oxygen atoms in total. The Hall–Kier alpha value is -1.51. The van der Waals surface area contributed by atoms with E-state index in [0.717, 1.165) is 17.7 Å². The van der Waals surface area contributed by atoms with Gasteiger partial charge < -0.3 is 10.1 Å². The van der Waals surface area contributed by atoms with Crippen molar-refractivity contribution in [2.75, 3.05) is 13.7 Å². The largest absolute Gasteiger partial charge is 0.493 e. The van der Waals surface area contributed by atoms with Crippen LogP contribution in [0.4, 0.5) is 0 Å². The Kier molecular flexibility index (Phi) is 2.39. The van der Waals surface area contributed by atoms with E-state index in [0.29, 0.717) is 6.61 Å². The van der Waals surface area contributed by atoms with E-state index in [4.69, 9.17) is 4.74 Å². The Morgan fingerprint density at radius 2 is 2.29 bits per heavy atom. The van der Waals surface area contributed by atoms with Gasteiger partial charge in [-0.2, -0.15) is 0 Å². The monoisotopic (exact) mass is 191 g/mol. The number of fused-ring (bicyclic) bond motifs is 1. The number of hydrogen-bond donors (Lipinski definition) is 1. The zero-order valence-electron chi connectivity index (χ0n) is 8.12. The van der Waals surface area contributed by atoms with Crippen LogP contribution in [-0.2, 0) is 4.79 Å². The molecule has 1 N–H and O–H groups in total. The molecule has 1 aliphatic rings. The van der Waals surface area contributed by atoms with Gasteiger partial charge in [-0.25, -0.2) is 0 Å². The first kappa shape index (κ1) is 9.06. The summed E-state index contributed by atoms with van der Waals surface area (Å²) in [5.74, 6) is 0.859. The second-order valence-electron chi connectivity index (χ2n) is 3.34. The maximum atomic E-state index is 11.6. The molecule has 3 heteroatoms. The molecule has 0 aliphatic carbocycles. The molecule has 0 saturated carbocycles. The van der Waals surface area contributed by atoms with Crippen LogP contribution in [0.15, 0.2) is 24.3 Å². The zero-order chi connectivity index (χ0) is 9.97. The Morgan fingerprint density at radius 1 is 1.50 bits per heavy atom. The quantitative estimate of drug-likeness (QED) is 0.726. The van der Waals surface area contributed by atoms with Gasteiger partial charge in [0.05, 0.1) is 12.5 Å². The molecule has 0 spiro atoms. The molecule has 1 atom stereocenters.